The van der Waals surface area contributed by atoms with Crippen LogP contribution in [0.15, 0.2) is 18.3 Å². The van der Waals surface area contributed by atoms with Gasteiger partial charge in [0, 0.05) is 12.3 Å². The van der Waals surface area contributed by atoms with Gasteiger partial charge in [-0.1, -0.05) is 13.8 Å². The van der Waals surface area contributed by atoms with Gasteiger partial charge in [0.25, 0.3) is 0 Å². The fraction of sp³-hybridized carbons (Fsp3) is 0.625. The molecule has 110 valence electrons. The molecule has 3 unspecified atom stereocenters. The smallest absolute Gasteiger partial charge is 0.339 e. The molecule has 1 aromatic rings. The number of aromatic nitrogens is 1. The lowest BCUT2D eigenvalue weighted by Crippen LogP contribution is -2.29. The van der Waals surface area contributed by atoms with Crippen LogP contribution >= 0.6 is 0 Å². The van der Waals surface area contributed by atoms with Crippen molar-refractivity contribution in [2.45, 2.75) is 46.1 Å². The first-order valence-electron chi connectivity index (χ1n) is 7.40. The summed E-state index contributed by atoms with van der Waals surface area (Å²) < 4.78 is 10.8. The SMILES string of the molecule is CCOC(=O)c1ccc(OC2CCC(C)C(C)C2)nc1. The highest BCUT2D eigenvalue weighted by Gasteiger charge is 2.26. The summed E-state index contributed by atoms with van der Waals surface area (Å²) in [5.41, 5.74) is 0.463. The fourth-order valence-electron chi connectivity index (χ4n) is 2.56. The van der Waals surface area contributed by atoms with E-state index in [4.69, 9.17) is 9.47 Å². The summed E-state index contributed by atoms with van der Waals surface area (Å²) in [5, 5.41) is 0. The van der Waals surface area contributed by atoms with Crippen LogP contribution in [-0.4, -0.2) is 23.7 Å². The number of nitrogens with zero attached hydrogens (tertiary/aromatic N) is 1. The second kappa shape index (κ2) is 6.73. The molecule has 1 fully saturated rings. The number of hydrogen-bond acceptors (Lipinski definition) is 4. The molecule has 0 radical (unpaired) electrons. The van der Waals surface area contributed by atoms with Gasteiger partial charge in [-0.2, -0.15) is 0 Å². The molecule has 3 atom stereocenters. The molecule has 1 saturated carbocycles. The van der Waals surface area contributed by atoms with Crippen LogP contribution < -0.4 is 4.74 Å². The molecule has 0 spiro atoms. The minimum Gasteiger partial charge on any atom is -0.474 e. The summed E-state index contributed by atoms with van der Waals surface area (Å²) in [5.74, 6) is 1.71. The van der Waals surface area contributed by atoms with Crippen LogP contribution in [0.1, 0.15) is 50.4 Å². The molecule has 0 saturated heterocycles. The molecule has 1 aromatic heterocycles. The molecule has 0 aromatic carbocycles. The average Bonchev–Trinajstić information content (AvgIpc) is 2.44. The summed E-state index contributed by atoms with van der Waals surface area (Å²) in [6.07, 6.45) is 5.10. The van der Waals surface area contributed by atoms with E-state index in [0.29, 0.717) is 24.0 Å². The van der Waals surface area contributed by atoms with Crippen molar-refractivity contribution in [3.05, 3.63) is 23.9 Å². The molecular weight excluding hydrogens is 254 g/mol. The van der Waals surface area contributed by atoms with Crippen molar-refractivity contribution < 1.29 is 14.3 Å². The zero-order valence-electron chi connectivity index (χ0n) is 12.5. The molecule has 1 aliphatic rings. The number of rotatable bonds is 4. The fourth-order valence-corrected chi connectivity index (χ4v) is 2.56. The number of pyridine rings is 1. The zero-order valence-corrected chi connectivity index (χ0v) is 12.5. The van der Waals surface area contributed by atoms with Gasteiger partial charge >= 0.3 is 5.97 Å². The molecule has 0 aliphatic heterocycles. The van der Waals surface area contributed by atoms with Crippen LogP contribution in [0.2, 0.25) is 0 Å². The van der Waals surface area contributed by atoms with Crippen LogP contribution in [0.25, 0.3) is 0 Å². The molecular formula is C16H23NO3. The van der Waals surface area contributed by atoms with E-state index < -0.39 is 0 Å². The Balaban J connectivity index is 1.92. The van der Waals surface area contributed by atoms with Crippen molar-refractivity contribution in [2.24, 2.45) is 11.8 Å². The monoisotopic (exact) mass is 277 g/mol. The van der Waals surface area contributed by atoms with Crippen LogP contribution in [0.3, 0.4) is 0 Å². The van der Waals surface area contributed by atoms with Crippen LogP contribution in [0.4, 0.5) is 0 Å². The molecule has 0 N–H and O–H groups in total. The Kier molecular flexibility index (Phi) is 4.99. The third kappa shape index (κ3) is 3.71. The van der Waals surface area contributed by atoms with Gasteiger partial charge in [-0.25, -0.2) is 9.78 Å². The summed E-state index contributed by atoms with van der Waals surface area (Å²) in [6, 6.07) is 3.45. The quantitative estimate of drug-likeness (QED) is 0.791. The first-order chi connectivity index (χ1) is 9.60. The van der Waals surface area contributed by atoms with Crippen LogP contribution in [0, 0.1) is 11.8 Å². The van der Waals surface area contributed by atoms with E-state index in [1.165, 1.54) is 12.6 Å². The van der Waals surface area contributed by atoms with Crippen LogP contribution in [-0.2, 0) is 4.74 Å². The Morgan fingerprint density at radius 2 is 2.10 bits per heavy atom. The first kappa shape index (κ1) is 14.8. The topological polar surface area (TPSA) is 48.4 Å². The Labute approximate surface area is 120 Å². The van der Waals surface area contributed by atoms with Crippen molar-refractivity contribution in [3.8, 4) is 5.88 Å². The molecule has 1 aliphatic carbocycles. The second-order valence-electron chi connectivity index (χ2n) is 5.61. The van der Waals surface area contributed by atoms with Gasteiger partial charge in [-0.15, -0.1) is 0 Å². The predicted octanol–water partition coefficient (Wildman–Crippen LogP) is 3.46. The van der Waals surface area contributed by atoms with Gasteiger partial charge in [0.15, 0.2) is 0 Å². The largest absolute Gasteiger partial charge is 0.474 e. The van der Waals surface area contributed by atoms with E-state index in [9.17, 15) is 4.79 Å². The molecule has 4 heteroatoms. The number of carbonyl (C=O) groups is 1. The number of esters is 1. The highest BCUT2D eigenvalue weighted by molar-refractivity contribution is 5.89. The van der Waals surface area contributed by atoms with Gasteiger partial charge in [0.1, 0.15) is 6.10 Å². The van der Waals surface area contributed by atoms with Gasteiger partial charge in [0.2, 0.25) is 5.88 Å². The van der Waals surface area contributed by atoms with Crippen LogP contribution in [0.5, 0.6) is 5.88 Å². The molecule has 2 rings (SSSR count). The minimum absolute atomic E-state index is 0.238. The van der Waals surface area contributed by atoms with E-state index in [2.05, 4.69) is 18.8 Å². The van der Waals surface area contributed by atoms with Gasteiger partial charge in [0.05, 0.1) is 12.2 Å². The Bertz CT molecular complexity index is 444. The summed E-state index contributed by atoms with van der Waals surface area (Å²) in [6.45, 7) is 6.73. The van der Waals surface area contributed by atoms with Crippen molar-refractivity contribution >= 4 is 5.97 Å². The summed E-state index contributed by atoms with van der Waals surface area (Å²) in [7, 11) is 0. The highest BCUT2D eigenvalue weighted by Crippen LogP contribution is 2.31. The lowest BCUT2D eigenvalue weighted by molar-refractivity contribution is 0.0525. The Morgan fingerprint density at radius 1 is 1.30 bits per heavy atom. The van der Waals surface area contributed by atoms with E-state index >= 15 is 0 Å². The number of hydrogen-bond donors (Lipinski definition) is 0. The molecule has 1 heterocycles. The number of carbonyl (C=O) groups excluding carboxylic acids is 1. The molecule has 0 bridgehead atoms. The van der Waals surface area contributed by atoms with E-state index in [-0.39, 0.29) is 12.1 Å². The molecule has 0 amide bonds. The predicted molar refractivity (Wildman–Crippen MR) is 76.8 cm³/mol. The van der Waals surface area contributed by atoms with Crippen molar-refractivity contribution in [1.29, 1.82) is 0 Å². The average molecular weight is 277 g/mol. The Hall–Kier alpha value is -1.58. The maximum Gasteiger partial charge on any atom is 0.339 e. The Morgan fingerprint density at radius 3 is 2.70 bits per heavy atom. The van der Waals surface area contributed by atoms with E-state index in [1.807, 2.05) is 0 Å². The summed E-state index contributed by atoms with van der Waals surface area (Å²) in [4.78, 5) is 15.7. The summed E-state index contributed by atoms with van der Waals surface area (Å²) >= 11 is 0. The standard InChI is InChI=1S/C16H23NO3/c1-4-19-16(18)13-6-8-15(17-10-13)20-14-7-5-11(2)12(3)9-14/h6,8,10-12,14H,4-5,7,9H2,1-3H3. The molecule has 4 nitrogen and oxygen atoms in total. The van der Waals surface area contributed by atoms with Gasteiger partial charge < -0.3 is 9.47 Å². The number of ether oxygens (including phenoxy) is 2. The van der Waals surface area contributed by atoms with Crippen molar-refractivity contribution in [1.82, 2.24) is 4.98 Å². The van der Waals surface area contributed by atoms with E-state index in [1.54, 1.807) is 19.1 Å². The van der Waals surface area contributed by atoms with Gasteiger partial charge in [-0.3, -0.25) is 0 Å². The maximum atomic E-state index is 11.5. The van der Waals surface area contributed by atoms with Gasteiger partial charge in [-0.05, 0) is 44.1 Å². The normalized spacial score (nSPS) is 26.1. The first-order valence-corrected chi connectivity index (χ1v) is 7.40. The third-order valence-corrected chi connectivity index (χ3v) is 4.08. The second-order valence-corrected chi connectivity index (χ2v) is 5.61. The zero-order chi connectivity index (χ0) is 14.5. The molecule has 20 heavy (non-hydrogen) atoms. The van der Waals surface area contributed by atoms with Crippen molar-refractivity contribution in [3.63, 3.8) is 0 Å². The lowest BCUT2D eigenvalue weighted by atomic mass is 9.80. The maximum absolute atomic E-state index is 11.5. The lowest BCUT2D eigenvalue weighted by Gasteiger charge is -2.31. The third-order valence-electron chi connectivity index (χ3n) is 4.08. The van der Waals surface area contributed by atoms with E-state index in [0.717, 1.165) is 18.8 Å². The highest BCUT2D eigenvalue weighted by atomic mass is 16.5. The van der Waals surface area contributed by atoms with Crippen molar-refractivity contribution in [2.75, 3.05) is 6.61 Å². The minimum atomic E-state index is -0.341.